The molecule has 0 spiro atoms. The molecular formula is C19H28ClN3O4S. The molecule has 1 amide bonds. The Morgan fingerprint density at radius 1 is 1.11 bits per heavy atom. The summed E-state index contributed by atoms with van der Waals surface area (Å²) in [5.41, 5.74) is 0. The molecule has 3 rings (SSSR count). The third kappa shape index (κ3) is 5.90. The summed E-state index contributed by atoms with van der Waals surface area (Å²) >= 11 is 5.84. The van der Waals surface area contributed by atoms with Crippen molar-refractivity contribution in [2.45, 2.75) is 24.2 Å². The molecular weight excluding hydrogens is 402 g/mol. The molecule has 0 bridgehead atoms. The first kappa shape index (κ1) is 21.5. The van der Waals surface area contributed by atoms with Crippen molar-refractivity contribution in [2.24, 2.45) is 5.92 Å². The number of carbonyl (C=O) groups is 1. The molecule has 7 nitrogen and oxygen atoms in total. The Kier molecular flexibility index (Phi) is 7.70. The van der Waals surface area contributed by atoms with E-state index in [2.05, 4.69) is 10.2 Å². The van der Waals surface area contributed by atoms with Crippen LogP contribution in [0.1, 0.15) is 19.3 Å². The smallest absolute Gasteiger partial charge is 0.243 e. The van der Waals surface area contributed by atoms with Crippen LogP contribution in [0.5, 0.6) is 0 Å². The van der Waals surface area contributed by atoms with Crippen molar-refractivity contribution in [3.63, 3.8) is 0 Å². The largest absolute Gasteiger partial charge is 0.379 e. The summed E-state index contributed by atoms with van der Waals surface area (Å²) in [6.45, 7) is 5.70. The SMILES string of the molecule is O=C(CC1CCN(S(=O)(=O)c2ccc(Cl)cc2)CC1)NCCN1CCOCC1. The molecule has 0 saturated carbocycles. The molecule has 2 saturated heterocycles. The first-order valence-corrected chi connectivity index (χ1v) is 11.6. The summed E-state index contributed by atoms with van der Waals surface area (Å²) in [5.74, 6) is 0.271. The van der Waals surface area contributed by atoms with Crippen LogP contribution in [0.3, 0.4) is 0 Å². The Balaban J connectivity index is 1.39. The molecule has 1 aromatic carbocycles. The molecule has 156 valence electrons. The van der Waals surface area contributed by atoms with E-state index in [0.29, 0.717) is 43.9 Å². The molecule has 1 N–H and O–H groups in total. The van der Waals surface area contributed by atoms with Crippen molar-refractivity contribution in [2.75, 3.05) is 52.5 Å². The summed E-state index contributed by atoms with van der Waals surface area (Å²) in [4.78, 5) is 14.7. The van der Waals surface area contributed by atoms with Crippen molar-refractivity contribution < 1.29 is 17.9 Å². The molecule has 2 heterocycles. The lowest BCUT2D eigenvalue weighted by Gasteiger charge is -2.31. The van der Waals surface area contributed by atoms with Crippen molar-refractivity contribution in [3.8, 4) is 0 Å². The second-order valence-electron chi connectivity index (χ2n) is 7.31. The maximum absolute atomic E-state index is 12.7. The van der Waals surface area contributed by atoms with Crippen molar-refractivity contribution in [1.82, 2.24) is 14.5 Å². The molecule has 0 unspecified atom stereocenters. The Hall–Kier alpha value is -1.19. The van der Waals surface area contributed by atoms with Crippen molar-refractivity contribution in [3.05, 3.63) is 29.3 Å². The first-order valence-electron chi connectivity index (χ1n) is 9.77. The van der Waals surface area contributed by atoms with Crippen molar-refractivity contribution in [1.29, 1.82) is 0 Å². The van der Waals surface area contributed by atoms with Crippen LogP contribution in [0.25, 0.3) is 0 Å². The second-order valence-corrected chi connectivity index (χ2v) is 9.68. The van der Waals surface area contributed by atoms with Gasteiger partial charge in [0.15, 0.2) is 0 Å². The fraction of sp³-hybridized carbons (Fsp3) is 0.632. The number of ether oxygens (including phenoxy) is 1. The Labute approximate surface area is 172 Å². The van der Waals surface area contributed by atoms with Gasteiger partial charge in [-0.15, -0.1) is 0 Å². The summed E-state index contributed by atoms with van der Waals surface area (Å²) in [6, 6.07) is 6.24. The van der Waals surface area contributed by atoms with Gasteiger partial charge in [-0.2, -0.15) is 4.31 Å². The van der Waals surface area contributed by atoms with E-state index in [1.807, 2.05) is 0 Å². The summed E-state index contributed by atoms with van der Waals surface area (Å²) < 4.78 is 32.2. The number of nitrogens with one attached hydrogen (secondary N) is 1. The van der Waals surface area contributed by atoms with E-state index in [1.54, 1.807) is 12.1 Å². The minimum atomic E-state index is -3.50. The fourth-order valence-corrected chi connectivity index (χ4v) is 5.22. The molecule has 2 aliphatic heterocycles. The monoisotopic (exact) mass is 429 g/mol. The van der Waals surface area contributed by atoms with Crippen LogP contribution in [0, 0.1) is 5.92 Å². The predicted octanol–water partition coefficient (Wildman–Crippen LogP) is 1.58. The number of amides is 1. The van der Waals surface area contributed by atoms with Crippen LogP contribution in [-0.2, 0) is 19.6 Å². The minimum absolute atomic E-state index is 0.0484. The number of rotatable bonds is 7. The quantitative estimate of drug-likeness (QED) is 0.711. The zero-order valence-corrected chi connectivity index (χ0v) is 17.6. The van der Waals surface area contributed by atoms with E-state index >= 15 is 0 Å². The van der Waals surface area contributed by atoms with Crippen LogP contribution in [-0.4, -0.2) is 76.0 Å². The highest BCUT2D eigenvalue weighted by molar-refractivity contribution is 7.89. The van der Waals surface area contributed by atoms with Crippen molar-refractivity contribution >= 4 is 27.5 Å². The maximum atomic E-state index is 12.7. The molecule has 9 heteroatoms. The van der Waals surface area contributed by atoms with Gasteiger partial charge in [-0.3, -0.25) is 9.69 Å². The van der Waals surface area contributed by atoms with Crippen LogP contribution in [0.2, 0.25) is 5.02 Å². The van der Waals surface area contributed by atoms with E-state index < -0.39 is 10.0 Å². The molecule has 0 atom stereocenters. The van der Waals surface area contributed by atoms with Gasteiger partial charge >= 0.3 is 0 Å². The average Bonchev–Trinajstić information content (AvgIpc) is 2.69. The van der Waals surface area contributed by atoms with Gasteiger partial charge in [0.1, 0.15) is 0 Å². The number of morpholine rings is 1. The summed E-state index contributed by atoms with van der Waals surface area (Å²) in [7, 11) is -3.50. The lowest BCUT2D eigenvalue weighted by Crippen LogP contribution is -2.42. The molecule has 1 aromatic rings. The number of sulfonamides is 1. The highest BCUT2D eigenvalue weighted by Gasteiger charge is 2.30. The van der Waals surface area contributed by atoms with E-state index in [0.717, 1.165) is 32.8 Å². The number of hydrogen-bond acceptors (Lipinski definition) is 5. The number of nitrogens with zero attached hydrogens (tertiary/aromatic N) is 2. The van der Waals surface area contributed by atoms with Gasteiger partial charge in [-0.1, -0.05) is 11.6 Å². The maximum Gasteiger partial charge on any atom is 0.243 e. The molecule has 0 aromatic heterocycles. The number of benzene rings is 1. The molecule has 28 heavy (non-hydrogen) atoms. The van der Waals surface area contributed by atoms with E-state index in [9.17, 15) is 13.2 Å². The summed E-state index contributed by atoms with van der Waals surface area (Å²) in [6.07, 6.45) is 1.85. The number of hydrogen-bond donors (Lipinski definition) is 1. The van der Waals surface area contributed by atoms with Crippen LogP contribution >= 0.6 is 11.6 Å². The van der Waals surface area contributed by atoms with Crippen LogP contribution in [0.4, 0.5) is 0 Å². The summed E-state index contributed by atoms with van der Waals surface area (Å²) in [5, 5.41) is 3.50. The predicted molar refractivity (Wildman–Crippen MR) is 108 cm³/mol. The van der Waals surface area contributed by atoms with Gasteiger partial charge in [0.2, 0.25) is 15.9 Å². The molecule has 0 radical (unpaired) electrons. The zero-order valence-electron chi connectivity index (χ0n) is 16.0. The van der Waals surface area contributed by atoms with Gasteiger partial charge < -0.3 is 10.1 Å². The number of carbonyl (C=O) groups excluding carboxylic acids is 1. The van der Waals surface area contributed by atoms with E-state index in [1.165, 1.54) is 16.4 Å². The van der Waals surface area contributed by atoms with Gasteiger partial charge in [-0.05, 0) is 43.0 Å². The normalized spacial score (nSPS) is 20.2. The highest BCUT2D eigenvalue weighted by atomic mass is 35.5. The van der Waals surface area contributed by atoms with E-state index in [4.69, 9.17) is 16.3 Å². The second kappa shape index (κ2) is 10.0. The highest BCUT2D eigenvalue weighted by Crippen LogP contribution is 2.26. The van der Waals surface area contributed by atoms with Gasteiger partial charge in [0.05, 0.1) is 18.1 Å². The third-order valence-electron chi connectivity index (χ3n) is 5.35. The minimum Gasteiger partial charge on any atom is -0.379 e. The molecule has 2 fully saturated rings. The van der Waals surface area contributed by atoms with Gasteiger partial charge in [0.25, 0.3) is 0 Å². The Bertz CT molecular complexity index is 743. The Morgan fingerprint density at radius 3 is 2.39 bits per heavy atom. The van der Waals surface area contributed by atoms with Gasteiger partial charge in [-0.25, -0.2) is 8.42 Å². The fourth-order valence-electron chi connectivity index (χ4n) is 3.62. The average molecular weight is 430 g/mol. The van der Waals surface area contributed by atoms with Gasteiger partial charge in [0, 0.05) is 50.7 Å². The first-order chi connectivity index (χ1) is 13.4. The molecule has 2 aliphatic rings. The van der Waals surface area contributed by atoms with Crippen LogP contribution in [0.15, 0.2) is 29.2 Å². The zero-order chi connectivity index (χ0) is 20.0. The molecule has 0 aliphatic carbocycles. The van der Waals surface area contributed by atoms with E-state index in [-0.39, 0.29) is 16.7 Å². The number of piperidine rings is 1. The van der Waals surface area contributed by atoms with Crippen LogP contribution < -0.4 is 5.32 Å². The lowest BCUT2D eigenvalue weighted by atomic mass is 9.94. The Morgan fingerprint density at radius 2 is 1.75 bits per heavy atom. The standard InChI is InChI=1S/C19H28ClN3O4S/c20-17-1-3-18(4-2-17)28(25,26)23-8-5-16(6-9-23)15-19(24)21-7-10-22-11-13-27-14-12-22/h1-4,16H,5-15H2,(H,21,24). The lowest BCUT2D eigenvalue weighted by molar-refractivity contribution is -0.122. The topological polar surface area (TPSA) is 79.0 Å². The number of halogens is 1. The third-order valence-corrected chi connectivity index (χ3v) is 7.52.